The monoisotopic (exact) mass is 239 g/mol. The van der Waals surface area contributed by atoms with Crippen molar-refractivity contribution >= 4 is 37.0 Å². The van der Waals surface area contributed by atoms with Crippen molar-refractivity contribution in [2.45, 2.75) is 4.90 Å². The van der Waals surface area contributed by atoms with E-state index in [1.165, 1.54) is 12.1 Å². The van der Waals surface area contributed by atoms with Crippen LogP contribution in [0.5, 0.6) is 0 Å². The first-order valence-corrected chi connectivity index (χ1v) is 6.06. The number of halogens is 2. The van der Waals surface area contributed by atoms with Crippen LogP contribution >= 0.6 is 22.3 Å². The number of anilines is 1. The number of benzene rings is 1. The molecule has 0 saturated carbocycles. The Morgan fingerprint density at radius 1 is 1.38 bits per heavy atom. The van der Waals surface area contributed by atoms with Gasteiger partial charge in [0.05, 0.1) is 15.6 Å². The van der Waals surface area contributed by atoms with Gasteiger partial charge in [-0.2, -0.15) is 0 Å². The quantitative estimate of drug-likeness (QED) is 0.807. The predicted octanol–water partition coefficient (Wildman–Crippen LogP) is 2.31. The van der Waals surface area contributed by atoms with Crippen molar-refractivity contribution in [3.05, 3.63) is 23.2 Å². The van der Waals surface area contributed by atoms with E-state index in [1.807, 2.05) is 0 Å². The van der Waals surface area contributed by atoms with Crippen LogP contribution in [-0.2, 0) is 9.05 Å². The van der Waals surface area contributed by atoms with Crippen molar-refractivity contribution in [1.29, 1.82) is 0 Å². The van der Waals surface area contributed by atoms with Crippen LogP contribution in [0.2, 0.25) is 5.02 Å². The molecule has 0 bridgehead atoms. The number of nitrogens with one attached hydrogen (secondary N) is 1. The topological polar surface area (TPSA) is 46.2 Å². The molecular formula is C7H7Cl2NO2S. The van der Waals surface area contributed by atoms with E-state index in [4.69, 9.17) is 22.3 Å². The zero-order valence-electron chi connectivity index (χ0n) is 6.71. The molecule has 6 heteroatoms. The summed E-state index contributed by atoms with van der Waals surface area (Å²) in [4.78, 5) is -0.00170. The normalized spacial score (nSPS) is 11.3. The maximum Gasteiger partial charge on any atom is 0.261 e. The molecule has 3 nitrogen and oxygen atoms in total. The highest BCUT2D eigenvalue weighted by atomic mass is 35.7. The lowest BCUT2D eigenvalue weighted by Crippen LogP contribution is -1.93. The lowest BCUT2D eigenvalue weighted by atomic mass is 10.3. The Hall–Kier alpha value is -0.450. The third kappa shape index (κ3) is 2.49. The molecule has 1 N–H and O–H groups in total. The third-order valence-electron chi connectivity index (χ3n) is 1.49. The van der Waals surface area contributed by atoms with Crippen LogP contribution in [0, 0.1) is 0 Å². The van der Waals surface area contributed by atoms with Gasteiger partial charge in [-0.25, -0.2) is 8.42 Å². The Balaban J connectivity index is 3.26. The van der Waals surface area contributed by atoms with E-state index < -0.39 is 9.05 Å². The Kier molecular flexibility index (Phi) is 3.05. The smallest absolute Gasteiger partial charge is 0.261 e. The molecule has 0 unspecified atom stereocenters. The Morgan fingerprint density at radius 3 is 2.38 bits per heavy atom. The number of rotatable bonds is 2. The maximum absolute atomic E-state index is 10.9. The van der Waals surface area contributed by atoms with E-state index >= 15 is 0 Å². The van der Waals surface area contributed by atoms with Crippen molar-refractivity contribution in [2.75, 3.05) is 12.4 Å². The minimum atomic E-state index is -3.69. The number of hydrogen-bond donors (Lipinski definition) is 1. The van der Waals surface area contributed by atoms with Crippen LogP contribution in [0.4, 0.5) is 5.69 Å². The molecule has 0 aromatic heterocycles. The van der Waals surface area contributed by atoms with Crippen molar-refractivity contribution in [3.8, 4) is 0 Å². The van der Waals surface area contributed by atoms with Crippen LogP contribution in [0.1, 0.15) is 0 Å². The van der Waals surface area contributed by atoms with Gasteiger partial charge in [0.25, 0.3) is 9.05 Å². The highest BCUT2D eigenvalue weighted by molar-refractivity contribution is 8.13. The third-order valence-corrected chi connectivity index (χ3v) is 3.16. The summed E-state index contributed by atoms with van der Waals surface area (Å²) >= 11 is 5.75. The fraction of sp³-hybridized carbons (Fsp3) is 0.143. The molecule has 1 aromatic carbocycles. The van der Waals surface area contributed by atoms with Gasteiger partial charge in [-0.15, -0.1) is 0 Å². The minimum absolute atomic E-state index is 0.00170. The summed E-state index contributed by atoms with van der Waals surface area (Å²) in [6.45, 7) is 0. The predicted molar refractivity (Wildman–Crippen MR) is 54.0 cm³/mol. The molecule has 13 heavy (non-hydrogen) atoms. The van der Waals surface area contributed by atoms with Gasteiger partial charge in [-0.1, -0.05) is 11.6 Å². The average molecular weight is 240 g/mol. The first-order valence-electron chi connectivity index (χ1n) is 3.37. The van der Waals surface area contributed by atoms with E-state index in [9.17, 15) is 8.42 Å². The Labute approximate surface area is 86.1 Å². The summed E-state index contributed by atoms with van der Waals surface area (Å²) in [6.07, 6.45) is 0. The van der Waals surface area contributed by atoms with Gasteiger partial charge in [0.1, 0.15) is 0 Å². The van der Waals surface area contributed by atoms with Crippen molar-refractivity contribution in [3.63, 3.8) is 0 Å². The highest BCUT2D eigenvalue weighted by Gasteiger charge is 2.11. The Morgan fingerprint density at radius 2 is 2.00 bits per heavy atom. The zero-order chi connectivity index (χ0) is 10.1. The second kappa shape index (κ2) is 3.74. The second-order valence-corrected chi connectivity index (χ2v) is 5.30. The molecule has 0 saturated heterocycles. The van der Waals surface area contributed by atoms with E-state index in [1.54, 1.807) is 13.1 Å². The molecule has 0 atom stereocenters. The first-order chi connectivity index (χ1) is 5.95. The SMILES string of the molecule is CNc1ccc(S(=O)(=O)Cl)cc1Cl. The fourth-order valence-electron chi connectivity index (χ4n) is 0.850. The zero-order valence-corrected chi connectivity index (χ0v) is 9.04. The van der Waals surface area contributed by atoms with E-state index in [2.05, 4.69) is 5.32 Å². The summed E-state index contributed by atoms with van der Waals surface area (Å²) < 4.78 is 21.7. The standard InChI is InChI=1S/C7H7Cl2NO2S/c1-10-7-3-2-5(4-6(7)8)13(9,11)12/h2-4,10H,1H3. The van der Waals surface area contributed by atoms with Gasteiger partial charge in [0, 0.05) is 17.7 Å². The average Bonchev–Trinajstić information content (AvgIpc) is 2.02. The largest absolute Gasteiger partial charge is 0.387 e. The molecule has 1 rings (SSSR count). The van der Waals surface area contributed by atoms with Crippen molar-refractivity contribution in [2.24, 2.45) is 0 Å². The first kappa shape index (κ1) is 10.6. The molecule has 0 amide bonds. The summed E-state index contributed by atoms with van der Waals surface area (Å²) in [5, 5.41) is 3.13. The van der Waals surface area contributed by atoms with E-state index in [0.717, 1.165) is 0 Å². The van der Waals surface area contributed by atoms with E-state index in [-0.39, 0.29) is 4.90 Å². The molecule has 0 spiro atoms. The molecule has 72 valence electrons. The van der Waals surface area contributed by atoms with Gasteiger partial charge in [0.15, 0.2) is 0 Å². The Bertz CT molecular complexity index is 417. The van der Waals surface area contributed by atoms with Gasteiger partial charge in [0.2, 0.25) is 0 Å². The van der Waals surface area contributed by atoms with Crippen LogP contribution in [0.15, 0.2) is 23.1 Å². The summed E-state index contributed by atoms with van der Waals surface area (Å²) in [5.74, 6) is 0. The molecular weight excluding hydrogens is 233 g/mol. The summed E-state index contributed by atoms with van der Waals surface area (Å²) in [5.41, 5.74) is 0.658. The molecule has 0 heterocycles. The molecule has 0 radical (unpaired) electrons. The van der Waals surface area contributed by atoms with Crippen LogP contribution in [-0.4, -0.2) is 15.5 Å². The van der Waals surface area contributed by atoms with Crippen LogP contribution in [0.3, 0.4) is 0 Å². The molecule has 0 aliphatic carbocycles. The van der Waals surface area contributed by atoms with Crippen LogP contribution < -0.4 is 5.32 Å². The fourth-order valence-corrected chi connectivity index (χ4v) is 1.97. The van der Waals surface area contributed by atoms with Crippen LogP contribution in [0.25, 0.3) is 0 Å². The lowest BCUT2D eigenvalue weighted by molar-refractivity contribution is 0.609. The van der Waals surface area contributed by atoms with Crippen molar-refractivity contribution in [1.82, 2.24) is 0 Å². The van der Waals surface area contributed by atoms with Gasteiger partial charge < -0.3 is 5.32 Å². The highest BCUT2D eigenvalue weighted by Crippen LogP contribution is 2.26. The van der Waals surface area contributed by atoms with Gasteiger partial charge >= 0.3 is 0 Å². The lowest BCUT2D eigenvalue weighted by Gasteiger charge is -2.03. The summed E-state index contributed by atoms with van der Waals surface area (Å²) in [7, 11) is 3.12. The molecule has 0 fully saturated rings. The second-order valence-electron chi connectivity index (χ2n) is 2.33. The van der Waals surface area contributed by atoms with Gasteiger partial charge in [-0.3, -0.25) is 0 Å². The molecule has 1 aromatic rings. The summed E-state index contributed by atoms with van der Waals surface area (Å²) in [6, 6.07) is 4.24. The number of hydrogen-bond acceptors (Lipinski definition) is 3. The molecule has 0 aliphatic rings. The van der Waals surface area contributed by atoms with Gasteiger partial charge in [-0.05, 0) is 18.2 Å². The maximum atomic E-state index is 10.9. The van der Waals surface area contributed by atoms with E-state index in [0.29, 0.717) is 10.7 Å². The molecule has 0 aliphatic heterocycles. The minimum Gasteiger partial charge on any atom is -0.387 e. The van der Waals surface area contributed by atoms with Crippen molar-refractivity contribution < 1.29 is 8.42 Å².